The zero-order valence-electron chi connectivity index (χ0n) is 13.7. The third kappa shape index (κ3) is 1.78. The highest BCUT2D eigenvalue weighted by atomic mass is 16.5. The fourth-order valence-electron chi connectivity index (χ4n) is 4.51. The number of fused-ring (bicyclic) bond motifs is 5. The molecule has 5 heteroatoms. The van der Waals surface area contributed by atoms with Gasteiger partial charge in [-0.2, -0.15) is 0 Å². The van der Waals surface area contributed by atoms with Gasteiger partial charge in [-0.25, -0.2) is 9.69 Å². The van der Waals surface area contributed by atoms with Crippen LogP contribution in [0.25, 0.3) is 0 Å². The van der Waals surface area contributed by atoms with Crippen molar-refractivity contribution in [2.24, 2.45) is 23.2 Å². The third-order valence-electron chi connectivity index (χ3n) is 5.75. The summed E-state index contributed by atoms with van der Waals surface area (Å²) in [6.07, 6.45) is 5.06. The molecule has 1 saturated heterocycles. The van der Waals surface area contributed by atoms with Crippen molar-refractivity contribution < 1.29 is 19.1 Å². The van der Waals surface area contributed by atoms with Crippen LogP contribution in [0.3, 0.4) is 0 Å². The molecule has 1 heterocycles. The molecule has 0 unspecified atom stereocenters. The highest BCUT2D eigenvalue weighted by molar-refractivity contribution is 6.24. The lowest BCUT2D eigenvalue weighted by Gasteiger charge is -2.28. The van der Waals surface area contributed by atoms with Gasteiger partial charge in [-0.1, -0.05) is 12.2 Å². The Kier molecular flexibility index (Phi) is 3.17. The Morgan fingerprint density at radius 3 is 2.58 bits per heavy atom. The number of anilines is 1. The first-order valence-corrected chi connectivity index (χ1v) is 8.32. The van der Waals surface area contributed by atoms with E-state index in [0.29, 0.717) is 17.9 Å². The summed E-state index contributed by atoms with van der Waals surface area (Å²) >= 11 is 0. The molecule has 0 N–H and O–H groups in total. The van der Waals surface area contributed by atoms with Crippen LogP contribution in [0.5, 0.6) is 0 Å². The van der Waals surface area contributed by atoms with Gasteiger partial charge in [-0.05, 0) is 56.4 Å². The normalized spacial score (nSPS) is 33.2. The van der Waals surface area contributed by atoms with Gasteiger partial charge in [-0.15, -0.1) is 0 Å². The number of allylic oxidation sites excluding steroid dienone is 2. The summed E-state index contributed by atoms with van der Waals surface area (Å²) in [6.45, 7) is 3.97. The van der Waals surface area contributed by atoms with Crippen LogP contribution in [-0.4, -0.2) is 24.4 Å². The molecule has 3 aliphatic rings. The predicted molar refractivity (Wildman–Crippen MR) is 87.2 cm³/mol. The maximum atomic E-state index is 13.0. The van der Waals surface area contributed by atoms with Gasteiger partial charge < -0.3 is 4.74 Å². The van der Waals surface area contributed by atoms with Crippen LogP contribution < -0.4 is 4.90 Å². The maximum absolute atomic E-state index is 13.0. The number of imide groups is 1. The Morgan fingerprint density at radius 2 is 1.96 bits per heavy atom. The van der Waals surface area contributed by atoms with Gasteiger partial charge in [-0.3, -0.25) is 9.59 Å². The van der Waals surface area contributed by atoms with E-state index in [-0.39, 0.29) is 29.6 Å². The molecule has 2 fully saturated rings. The minimum atomic E-state index is -0.629. The van der Waals surface area contributed by atoms with Crippen LogP contribution in [0, 0.1) is 23.2 Å². The molecule has 4 atom stereocenters. The molecule has 124 valence electrons. The maximum Gasteiger partial charge on any atom is 0.338 e. The monoisotopic (exact) mass is 325 g/mol. The fourth-order valence-corrected chi connectivity index (χ4v) is 4.51. The number of nitrogens with zero attached hydrogens (tertiary/aromatic N) is 1. The molecule has 0 radical (unpaired) electrons. The molecule has 2 bridgehead atoms. The highest BCUT2D eigenvalue weighted by Crippen LogP contribution is 2.60. The topological polar surface area (TPSA) is 63.7 Å². The largest absolute Gasteiger partial charge is 0.462 e. The van der Waals surface area contributed by atoms with E-state index < -0.39 is 11.4 Å². The predicted octanol–water partition coefficient (Wildman–Crippen LogP) is 2.56. The molecule has 1 aromatic carbocycles. The van der Waals surface area contributed by atoms with Crippen LogP contribution in [0.1, 0.15) is 30.6 Å². The lowest BCUT2D eigenvalue weighted by molar-refractivity contribution is -0.127. The van der Waals surface area contributed by atoms with Gasteiger partial charge in [0.2, 0.25) is 11.8 Å². The van der Waals surface area contributed by atoms with E-state index in [1.54, 1.807) is 31.2 Å². The number of carbonyl (C=O) groups is 3. The molecule has 1 saturated carbocycles. The molecule has 0 spiro atoms. The van der Waals surface area contributed by atoms with Gasteiger partial charge in [0.15, 0.2) is 0 Å². The van der Waals surface area contributed by atoms with Crippen LogP contribution in [0.4, 0.5) is 5.69 Å². The summed E-state index contributed by atoms with van der Waals surface area (Å²) in [5, 5.41) is 0. The van der Waals surface area contributed by atoms with Crippen molar-refractivity contribution in [3.8, 4) is 0 Å². The summed E-state index contributed by atoms with van der Waals surface area (Å²) in [5.41, 5.74) is 0.303. The first-order valence-electron chi connectivity index (χ1n) is 8.32. The number of benzene rings is 1. The SMILES string of the molecule is CCOC(=O)c1ccc(N2C(=O)[C@@H]3[C@@H]4C=C[C@@H](C4)[C@@]3(C)C2=O)cc1. The van der Waals surface area contributed by atoms with E-state index in [1.807, 2.05) is 6.92 Å². The number of esters is 1. The minimum Gasteiger partial charge on any atom is -0.462 e. The Morgan fingerprint density at radius 1 is 1.25 bits per heavy atom. The number of carbonyl (C=O) groups excluding carboxylic acids is 3. The summed E-state index contributed by atoms with van der Waals surface area (Å²) in [5.74, 6) is -0.603. The number of hydrogen-bond donors (Lipinski definition) is 0. The number of amides is 2. The molecule has 2 aliphatic carbocycles. The molecular weight excluding hydrogens is 306 g/mol. The van der Waals surface area contributed by atoms with Crippen molar-refractivity contribution in [2.75, 3.05) is 11.5 Å². The Labute approximate surface area is 140 Å². The quantitative estimate of drug-likeness (QED) is 0.487. The van der Waals surface area contributed by atoms with Crippen molar-refractivity contribution in [1.82, 2.24) is 0 Å². The fraction of sp³-hybridized carbons (Fsp3) is 0.421. The van der Waals surface area contributed by atoms with Gasteiger partial charge in [0.1, 0.15) is 0 Å². The number of rotatable bonds is 3. The second kappa shape index (κ2) is 5.03. The van der Waals surface area contributed by atoms with Crippen molar-refractivity contribution in [2.45, 2.75) is 20.3 Å². The summed E-state index contributed by atoms with van der Waals surface area (Å²) in [6, 6.07) is 6.47. The van der Waals surface area contributed by atoms with Gasteiger partial charge in [0, 0.05) is 0 Å². The molecule has 24 heavy (non-hydrogen) atoms. The third-order valence-corrected chi connectivity index (χ3v) is 5.75. The van der Waals surface area contributed by atoms with E-state index in [0.717, 1.165) is 6.42 Å². The lowest BCUT2D eigenvalue weighted by atomic mass is 9.71. The second-order valence-electron chi connectivity index (χ2n) is 6.90. The minimum absolute atomic E-state index is 0.122. The Bertz CT molecular complexity index is 766. The molecular formula is C19H19NO4. The van der Waals surface area contributed by atoms with Crippen LogP contribution in [0.15, 0.2) is 36.4 Å². The first-order chi connectivity index (χ1) is 11.5. The van der Waals surface area contributed by atoms with Crippen molar-refractivity contribution >= 4 is 23.5 Å². The molecule has 4 rings (SSSR count). The average Bonchev–Trinajstić information content (AvgIpc) is 3.20. The van der Waals surface area contributed by atoms with Crippen LogP contribution >= 0.6 is 0 Å². The molecule has 0 aromatic heterocycles. The first kappa shape index (κ1) is 15.1. The number of hydrogen-bond acceptors (Lipinski definition) is 4. The van der Waals surface area contributed by atoms with E-state index in [9.17, 15) is 14.4 Å². The Balaban J connectivity index is 1.65. The van der Waals surface area contributed by atoms with E-state index in [1.165, 1.54) is 4.90 Å². The van der Waals surface area contributed by atoms with Gasteiger partial charge in [0.05, 0.1) is 29.2 Å². The summed E-state index contributed by atoms with van der Waals surface area (Å²) in [4.78, 5) is 38.9. The zero-order chi connectivity index (χ0) is 17.1. The smallest absolute Gasteiger partial charge is 0.338 e. The number of ether oxygens (including phenoxy) is 1. The van der Waals surface area contributed by atoms with E-state index in [2.05, 4.69) is 12.2 Å². The molecule has 1 aliphatic heterocycles. The lowest BCUT2D eigenvalue weighted by Crippen LogP contribution is -2.37. The average molecular weight is 325 g/mol. The summed E-state index contributed by atoms with van der Waals surface area (Å²) in [7, 11) is 0. The van der Waals surface area contributed by atoms with Crippen molar-refractivity contribution in [1.29, 1.82) is 0 Å². The van der Waals surface area contributed by atoms with Crippen LogP contribution in [0.2, 0.25) is 0 Å². The molecule has 2 amide bonds. The highest BCUT2D eigenvalue weighted by Gasteiger charge is 2.67. The van der Waals surface area contributed by atoms with Crippen molar-refractivity contribution in [3.05, 3.63) is 42.0 Å². The van der Waals surface area contributed by atoms with E-state index >= 15 is 0 Å². The van der Waals surface area contributed by atoms with Gasteiger partial charge in [0.25, 0.3) is 0 Å². The summed E-state index contributed by atoms with van der Waals surface area (Å²) < 4.78 is 4.95. The van der Waals surface area contributed by atoms with Crippen molar-refractivity contribution in [3.63, 3.8) is 0 Å². The van der Waals surface area contributed by atoms with Gasteiger partial charge >= 0.3 is 5.97 Å². The van der Waals surface area contributed by atoms with Crippen LogP contribution in [-0.2, 0) is 14.3 Å². The Hall–Kier alpha value is -2.43. The van der Waals surface area contributed by atoms with E-state index in [4.69, 9.17) is 4.74 Å². The molecule has 1 aromatic rings. The molecule has 5 nitrogen and oxygen atoms in total. The standard InChI is InChI=1S/C19H19NO4/c1-3-24-17(22)11-5-8-14(9-6-11)20-16(21)15-12-4-7-13(10-12)19(15,2)18(20)23/h4-9,12-13,15H,3,10H2,1-2H3/t12-,13+,15+,19-/m1/s1. The zero-order valence-corrected chi connectivity index (χ0v) is 13.7. The second-order valence-corrected chi connectivity index (χ2v) is 6.90.